The zero-order valence-electron chi connectivity index (χ0n) is 26.0. The van der Waals surface area contributed by atoms with Crippen molar-refractivity contribution in [3.8, 4) is 0 Å². The Morgan fingerprint density at radius 1 is 0.821 bits per heavy atom. The minimum absolute atomic E-state index is 0.0637. The summed E-state index contributed by atoms with van der Waals surface area (Å²) < 4.78 is 29.1. The molecular formula is C33H51O3PSi2. The van der Waals surface area contributed by atoms with Crippen LogP contribution in [0.25, 0.3) is 0 Å². The second kappa shape index (κ2) is 11.8. The van der Waals surface area contributed by atoms with Gasteiger partial charge in [-0.15, -0.1) is 0 Å². The Hall–Kier alpha value is -1.50. The summed E-state index contributed by atoms with van der Waals surface area (Å²) in [5.74, 6) is 0. The second-order valence-electron chi connectivity index (χ2n) is 14.1. The molecule has 0 N–H and O–H groups in total. The van der Waals surface area contributed by atoms with Gasteiger partial charge in [-0.2, -0.15) is 0 Å². The molecule has 2 aromatic carbocycles. The van der Waals surface area contributed by atoms with Gasteiger partial charge in [-0.1, -0.05) is 115 Å². The van der Waals surface area contributed by atoms with Crippen LogP contribution >= 0.6 is 7.14 Å². The summed E-state index contributed by atoms with van der Waals surface area (Å²) in [6, 6.07) is 19.9. The molecule has 3 nitrogen and oxygen atoms in total. The molecule has 0 saturated heterocycles. The van der Waals surface area contributed by atoms with Gasteiger partial charge >= 0.3 is 0 Å². The van der Waals surface area contributed by atoms with Gasteiger partial charge in [-0.25, -0.2) is 0 Å². The lowest BCUT2D eigenvalue weighted by molar-refractivity contribution is 0.140. The predicted octanol–water partition coefficient (Wildman–Crippen LogP) is 9.06. The first kappa shape index (κ1) is 32.0. The summed E-state index contributed by atoms with van der Waals surface area (Å²) in [4.78, 5) is 0. The largest absolute Gasteiger partial charge is 0.410 e. The average Bonchev–Trinajstić information content (AvgIpc) is 2.85. The Morgan fingerprint density at radius 3 is 1.69 bits per heavy atom. The molecule has 0 aromatic heterocycles. The first-order valence-electron chi connectivity index (χ1n) is 14.3. The first-order chi connectivity index (χ1) is 17.9. The topological polar surface area (TPSA) is 35.5 Å². The number of hydrogen-bond acceptors (Lipinski definition) is 3. The Balaban J connectivity index is 2.14. The van der Waals surface area contributed by atoms with Gasteiger partial charge in [0.15, 0.2) is 16.6 Å². The second-order valence-corrected chi connectivity index (χ2v) is 26.5. The van der Waals surface area contributed by atoms with E-state index in [9.17, 15) is 4.57 Å². The van der Waals surface area contributed by atoms with E-state index in [-0.39, 0.29) is 22.3 Å². The molecule has 0 unspecified atom stereocenters. The van der Waals surface area contributed by atoms with Gasteiger partial charge in [0.2, 0.25) is 0 Å². The SMILES string of the molecule is C=C1CC[C@H](O[Si](C)(C)C(C)(C)C)/C(=C/CP(=O)(c2ccccc2)c2ccccc2)[C@H]1O[Si](C)(C)C(C)(C)C. The van der Waals surface area contributed by atoms with Crippen LogP contribution in [0, 0.1) is 0 Å². The zero-order valence-corrected chi connectivity index (χ0v) is 28.9. The van der Waals surface area contributed by atoms with E-state index >= 15 is 0 Å². The van der Waals surface area contributed by atoms with E-state index in [1.165, 1.54) is 0 Å². The van der Waals surface area contributed by atoms with Crippen molar-refractivity contribution in [2.24, 2.45) is 0 Å². The smallest absolute Gasteiger partial charge is 0.193 e. The molecule has 0 bridgehead atoms. The van der Waals surface area contributed by atoms with Crippen molar-refractivity contribution in [2.75, 3.05) is 6.16 Å². The third-order valence-corrected chi connectivity index (χ3v) is 21.1. The van der Waals surface area contributed by atoms with Gasteiger partial charge in [0.05, 0.1) is 12.2 Å². The van der Waals surface area contributed by atoms with E-state index in [1.807, 2.05) is 60.7 Å². The fourth-order valence-electron chi connectivity index (χ4n) is 4.47. The summed E-state index contributed by atoms with van der Waals surface area (Å²) in [5, 5.41) is 1.92. The number of rotatable bonds is 8. The molecule has 1 aliphatic carbocycles. The number of hydrogen-bond donors (Lipinski definition) is 0. The maximum atomic E-state index is 14.9. The monoisotopic (exact) mass is 582 g/mol. The molecule has 2 aromatic rings. The molecule has 0 heterocycles. The summed E-state index contributed by atoms with van der Waals surface area (Å²) in [6.45, 7) is 27.4. The minimum atomic E-state index is -2.93. The van der Waals surface area contributed by atoms with Crippen LogP contribution in [0.4, 0.5) is 0 Å². The highest BCUT2D eigenvalue weighted by Crippen LogP contribution is 2.47. The molecule has 0 amide bonds. The standard InChI is InChI=1S/C33H51O3PSi2/c1-26-22-23-30(35-38(8,9)32(2,3)4)29(31(26)36-39(10,11)33(5,6)7)24-25-37(34,27-18-14-12-15-19-27)28-20-16-13-17-21-28/h12-21,24,30-31H,1,22-23,25H2,2-11H3/b29-24-/t30-,31-/m0/s1. The highest BCUT2D eigenvalue weighted by molar-refractivity contribution is 7.78. The number of allylic oxidation sites excluding steroid dienone is 1. The highest BCUT2D eigenvalue weighted by Gasteiger charge is 2.45. The summed E-state index contributed by atoms with van der Waals surface area (Å²) >= 11 is 0. The Bertz CT molecular complexity index is 1160. The van der Waals surface area contributed by atoms with E-state index < -0.39 is 23.8 Å². The van der Waals surface area contributed by atoms with Crippen LogP contribution < -0.4 is 10.6 Å². The predicted molar refractivity (Wildman–Crippen MR) is 175 cm³/mol. The molecule has 2 atom stereocenters. The van der Waals surface area contributed by atoms with Gasteiger partial charge in [0.1, 0.15) is 7.14 Å². The van der Waals surface area contributed by atoms with Crippen molar-refractivity contribution >= 4 is 34.4 Å². The Labute approximate surface area is 240 Å². The molecule has 1 fully saturated rings. The van der Waals surface area contributed by atoms with Gasteiger partial charge in [0, 0.05) is 16.8 Å². The minimum Gasteiger partial charge on any atom is -0.410 e. The third kappa shape index (κ3) is 7.23. The van der Waals surface area contributed by atoms with Gasteiger partial charge in [-0.3, -0.25) is 0 Å². The molecule has 6 heteroatoms. The molecule has 1 aliphatic rings. The Morgan fingerprint density at radius 2 is 1.26 bits per heavy atom. The van der Waals surface area contributed by atoms with Crippen LogP contribution in [0.5, 0.6) is 0 Å². The molecule has 0 spiro atoms. The molecule has 3 rings (SSSR count). The fourth-order valence-corrected chi connectivity index (χ4v) is 9.53. The van der Waals surface area contributed by atoms with Crippen molar-refractivity contribution in [1.29, 1.82) is 0 Å². The van der Waals surface area contributed by atoms with E-state index in [1.54, 1.807) is 0 Å². The van der Waals surface area contributed by atoms with Crippen molar-refractivity contribution < 1.29 is 13.4 Å². The van der Waals surface area contributed by atoms with E-state index in [4.69, 9.17) is 8.85 Å². The summed E-state index contributed by atoms with van der Waals surface area (Å²) in [5.41, 5.74) is 2.23. The van der Waals surface area contributed by atoms with E-state index in [0.29, 0.717) is 6.16 Å². The average molecular weight is 583 g/mol. The van der Waals surface area contributed by atoms with Crippen LogP contribution in [-0.2, 0) is 13.4 Å². The summed E-state index contributed by atoms with van der Waals surface area (Å²) in [7, 11) is -7.11. The lowest BCUT2D eigenvalue weighted by atomic mass is 9.86. The van der Waals surface area contributed by atoms with Crippen molar-refractivity contribution in [3.05, 3.63) is 84.5 Å². The van der Waals surface area contributed by atoms with Crippen molar-refractivity contribution in [3.63, 3.8) is 0 Å². The van der Waals surface area contributed by atoms with Crippen LogP contribution in [0.1, 0.15) is 54.4 Å². The molecule has 0 radical (unpaired) electrons. The number of benzene rings is 2. The van der Waals surface area contributed by atoms with Crippen LogP contribution in [0.15, 0.2) is 84.5 Å². The Kier molecular flexibility index (Phi) is 9.67. The van der Waals surface area contributed by atoms with Crippen molar-refractivity contribution in [2.45, 2.75) is 103 Å². The lowest BCUT2D eigenvalue weighted by Crippen LogP contribution is -2.50. The summed E-state index contributed by atoms with van der Waals surface area (Å²) in [6.07, 6.45) is 4.13. The van der Waals surface area contributed by atoms with E-state index in [2.05, 4.69) is 80.4 Å². The van der Waals surface area contributed by atoms with Crippen LogP contribution in [0.3, 0.4) is 0 Å². The molecular weight excluding hydrogens is 532 g/mol. The van der Waals surface area contributed by atoms with Gasteiger partial charge in [0.25, 0.3) is 0 Å². The fraction of sp³-hybridized carbons (Fsp3) is 0.515. The maximum Gasteiger partial charge on any atom is 0.193 e. The molecule has 214 valence electrons. The van der Waals surface area contributed by atoms with Crippen LogP contribution in [-0.4, -0.2) is 35.0 Å². The zero-order chi connectivity index (χ0) is 29.3. The lowest BCUT2D eigenvalue weighted by Gasteiger charge is -2.46. The van der Waals surface area contributed by atoms with Gasteiger partial charge < -0.3 is 13.4 Å². The third-order valence-electron chi connectivity index (χ3n) is 9.17. The van der Waals surface area contributed by atoms with Gasteiger partial charge in [-0.05, 0) is 60.3 Å². The maximum absolute atomic E-state index is 14.9. The van der Waals surface area contributed by atoms with Crippen LogP contribution in [0.2, 0.25) is 36.3 Å². The van der Waals surface area contributed by atoms with Crippen molar-refractivity contribution in [1.82, 2.24) is 0 Å². The van der Waals surface area contributed by atoms with E-state index in [0.717, 1.165) is 34.6 Å². The quantitative estimate of drug-likeness (QED) is 0.177. The molecule has 0 aliphatic heterocycles. The first-order valence-corrected chi connectivity index (χ1v) is 22.0. The molecule has 39 heavy (non-hydrogen) atoms. The normalized spacial score (nSPS) is 20.9. The highest BCUT2D eigenvalue weighted by atomic mass is 31.2. The molecule has 1 saturated carbocycles.